The van der Waals surface area contributed by atoms with Crippen molar-refractivity contribution in [2.45, 2.75) is 13.3 Å². The molecule has 0 unspecified atom stereocenters. The van der Waals surface area contributed by atoms with Crippen molar-refractivity contribution in [2.24, 2.45) is 4.99 Å². The van der Waals surface area contributed by atoms with Crippen LogP contribution in [0.3, 0.4) is 0 Å². The highest BCUT2D eigenvalue weighted by molar-refractivity contribution is 6.32. The van der Waals surface area contributed by atoms with Crippen LogP contribution in [0.5, 0.6) is 17.2 Å². The van der Waals surface area contributed by atoms with E-state index in [0.717, 1.165) is 23.5 Å². The lowest BCUT2D eigenvalue weighted by Crippen LogP contribution is -2.38. The number of hydroxylamine groups is 2. The molecule has 0 bridgehead atoms. The minimum Gasteiger partial charge on any atom is -0.497 e. The minimum atomic E-state index is -0.465. The van der Waals surface area contributed by atoms with Crippen molar-refractivity contribution in [1.29, 1.82) is 5.41 Å². The zero-order chi connectivity index (χ0) is 22.5. The highest BCUT2D eigenvalue weighted by Crippen LogP contribution is 2.24. The normalized spacial score (nSPS) is 16.3. The maximum atomic E-state index is 12.3. The average Bonchev–Trinajstić information content (AvgIpc) is 3.18. The van der Waals surface area contributed by atoms with Crippen LogP contribution in [-0.2, 0) is 9.63 Å². The average molecular weight is 433 g/mol. The number of hydrogen-bond donors (Lipinski definition) is 1. The Morgan fingerprint density at radius 2 is 1.59 bits per heavy atom. The largest absolute Gasteiger partial charge is 0.497 e. The first kappa shape index (κ1) is 21.2. The van der Waals surface area contributed by atoms with Crippen LogP contribution in [0.15, 0.2) is 70.9 Å². The van der Waals surface area contributed by atoms with Gasteiger partial charge in [-0.15, -0.1) is 5.06 Å². The fraction of sp³-hybridized carbons (Fsp3) is 0.208. The molecule has 0 spiro atoms. The number of carbonyl (C=O) groups excluding carboxylic acids is 1. The van der Waals surface area contributed by atoms with Crippen molar-refractivity contribution in [1.82, 2.24) is 5.06 Å². The van der Waals surface area contributed by atoms with Crippen molar-refractivity contribution < 1.29 is 23.8 Å². The van der Waals surface area contributed by atoms with E-state index in [1.165, 1.54) is 5.06 Å². The highest BCUT2D eigenvalue weighted by atomic mass is 16.7. The van der Waals surface area contributed by atoms with Crippen molar-refractivity contribution >= 4 is 23.7 Å². The number of methoxy groups -OCH3 is 1. The van der Waals surface area contributed by atoms with Gasteiger partial charge in [0.05, 0.1) is 25.9 Å². The van der Waals surface area contributed by atoms with Crippen LogP contribution in [0.4, 0.5) is 0 Å². The van der Waals surface area contributed by atoms with Crippen LogP contribution < -0.4 is 14.2 Å². The Bertz CT molecular complexity index is 1100. The molecule has 0 atom stereocenters. The predicted octanol–water partition coefficient (Wildman–Crippen LogP) is 3.99. The second kappa shape index (κ2) is 9.38. The Balaban J connectivity index is 1.27. The molecule has 0 saturated carbocycles. The first-order valence-corrected chi connectivity index (χ1v) is 10.1. The molecule has 0 fully saturated rings. The molecule has 8 nitrogen and oxygen atoms in total. The lowest BCUT2D eigenvalue weighted by molar-refractivity contribution is -0.114. The summed E-state index contributed by atoms with van der Waals surface area (Å²) in [6, 6.07) is 14.7. The molecule has 32 heavy (non-hydrogen) atoms. The summed E-state index contributed by atoms with van der Waals surface area (Å²) in [5, 5.41) is 9.50. The second-order valence-corrected chi connectivity index (χ2v) is 7.12. The third-order valence-electron chi connectivity index (χ3n) is 4.76. The van der Waals surface area contributed by atoms with Crippen LogP contribution in [0, 0.1) is 5.41 Å². The van der Waals surface area contributed by atoms with Crippen LogP contribution in [0.25, 0.3) is 6.08 Å². The van der Waals surface area contributed by atoms with Crippen molar-refractivity contribution in [2.75, 3.05) is 20.3 Å². The summed E-state index contributed by atoms with van der Waals surface area (Å²) in [6.07, 6.45) is 3.97. The lowest BCUT2D eigenvalue weighted by Gasteiger charge is -2.22. The third kappa shape index (κ3) is 4.80. The van der Waals surface area contributed by atoms with Gasteiger partial charge in [0.1, 0.15) is 23.0 Å². The lowest BCUT2D eigenvalue weighted by atomic mass is 10.1. The Morgan fingerprint density at radius 3 is 2.22 bits per heavy atom. The molecule has 2 aliphatic heterocycles. The summed E-state index contributed by atoms with van der Waals surface area (Å²) >= 11 is 0. The number of amides is 1. The van der Waals surface area contributed by atoms with Crippen molar-refractivity contribution in [3.8, 4) is 17.2 Å². The SMILES string of the molecule is COc1ccc(OCCCOc2ccc(/C=C3\C(=N)N4OC(C)=CC4=NC3=O)cc2)cc1. The molecule has 2 aliphatic rings. The number of carbonyl (C=O) groups is 1. The molecule has 0 radical (unpaired) electrons. The van der Waals surface area contributed by atoms with Gasteiger partial charge in [-0.05, 0) is 55.0 Å². The van der Waals surface area contributed by atoms with E-state index in [0.29, 0.717) is 30.6 Å². The quantitative estimate of drug-likeness (QED) is 0.500. The third-order valence-corrected chi connectivity index (χ3v) is 4.76. The van der Waals surface area contributed by atoms with E-state index < -0.39 is 5.91 Å². The van der Waals surface area contributed by atoms with Gasteiger partial charge in [-0.2, -0.15) is 4.99 Å². The molecule has 2 aromatic carbocycles. The highest BCUT2D eigenvalue weighted by Gasteiger charge is 2.34. The zero-order valence-electron chi connectivity index (χ0n) is 17.8. The molecule has 2 heterocycles. The number of ether oxygens (including phenoxy) is 3. The van der Waals surface area contributed by atoms with Crippen molar-refractivity contribution in [3.63, 3.8) is 0 Å². The summed E-state index contributed by atoms with van der Waals surface area (Å²) in [5.74, 6) is 2.70. The molecular formula is C24H23N3O5. The molecular weight excluding hydrogens is 410 g/mol. The van der Waals surface area contributed by atoms with Gasteiger partial charge in [0.2, 0.25) is 0 Å². The Labute approximate surface area is 185 Å². The standard InChI is InChI=1S/C24H23N3O5/c1-16-14-22-26-24(28)21(23(25)27(22)32-16)15-17-4-6-19(7-5-17)30-12-3-13-31-20-10-8-18(29-2)9-11-20/h4-11,14-15,25H,3,12-13H2,1-2H3/b21-15+,25-23?. The molecule has 164 valence electrons. The van der Waals surface area contributed by atoms with Gasteiger partial charge in [0, 0.05) is 12.5 Å². The van der Waals surface area contributed by atoms with Gasteiger partial charge < -0.3 is 19.0 Å². The summed E-state index contributed by atoms with van der Waals surface area (Å²) in [6.45, 7) is 2.79. The molecule has 8 heteroatoms. The minimum absolute atomic E-state index is 0.0368. The number of amidine groups is 2. The zero-order valence-corrected chi connectivity index (χ0v) is 17.8. The van der Waals surface area contributed by atoms with Crippen LogP contribution in [0.1, 0.15) is 18.9 Å². The molecule has 1 amide bonds. The maximum Gasteiger partial charge on any atom is 0.282 e. The molecule has 2 aromatic rings. The number of aliphatic imine (C=N–C) groups is 1. The van der Waals surface area contributed by atoms with E-state index in [1.54, 1.807) is 26.2 Å². The smallest absolute Gasteiger partial charge is 0.282 e. The number of benzene rings is 2. The van der Waals surface area contributed by atoms with E-state index >= 15 is 0 Å². The molecule has 0 aromatic heterocycles. The summed E-state index contributed by atoms with van der Waals surface area (Å²) in [4.78, 5) is 21.7. The number of allylic oxidation sites excluding steroid dienone is 1. The topological polar surface area (TPSA) is 93.4 Å². The summed E-state index contributed by atoms with van der Waals surface area (Å²) in [5.41, 5.74) is 0.928. The van der Waals surface area contributed by atoms with Gasteiger partial charge in [-0.3, -0.25) is 10.2 Å². The van der Waals surface area contributed by atoms with E-state index in [9.17, 15) is 4.79 Å². The Hall–Kier alpha value is -4.07. The number of fused-ring (bicyclic) bond motifs is 1. The second-order valence-electron chi connectivity index (χ2n) is 7.12. The Morgan fingerprint density at radius 1 is 1.00 bits per heavy atom. The maximum absolute atomic E-state index is 12.3. The number of nitrogens with one attached hydrogen (secondary N) is 1. The molecule has 0 saturated heterocycles. The fourth-order valence-corrected chi connectivity index (χ4v) is 3.14. The van der Waals surface area contributed by atoms with Crippen LogP contribution >= 0.6 is 0 Å². The molecule has 4 rings (SSSR count). The van der Waals surface area contributed by atoms with Gasteiger partial charge >= 0.3 is 0 Å². The number of hydrogen-bond acceptors (Lipinski definition) is 6. The number of rotatable bonds is 8. The van der Waals surface area contributed by atoms with E-state index in [2.05, 4.69) is 4.99 Å². The van der Waals surface area contributed by atoms with Gasteiger partial charge in [-0.25, -0.2) is 0 Å². The fourth-order valence-electron chi connectivity index (χ4n) is 3.14. The Kier molecular flexibility index (Phi) is 6.21. The van der Waals surface area contributed by atoms with Crippen molar-refractivity contribution in [3.05, 3.63) is 71.5 Å². The molecule has 1 N–H and O–H groups in total. The predicted molar refractivity (Wildman–Crippen MR) is 120 cm³/mol. The van der Waals surface area contributed by atoms with Gasteiger partial charge in [0.15, 0.2) is 11.7 Å². The monoisotopic (exact) mass is 433 g/mol. The first-order chi connectivity index (χ1) is 15.5. The van der Waals surface area contributed by atoms with Crippen LogP contribution in [0.2, 0.25) is 0 Å². The van der Waals surface area contributed by atoms with E-state index in [4.69, 9.17) is 24.5 Å². The van der Waals surface area contributed by atoms with Gasteiger partial charge in [0.25, 0.3) is 5.91 Å². The van der Waals surface area contributed by atoms with E-state index in [1.807, 2.05) is 48.5 Å². The molecule has 0 aliphatic carbocycles. The van der Waals surface area contributed by atoms with E-state index in [-0.39, 0.29) is 11.4 Å². The first-order valence-electron chi connectivity index (χ1n) is 10.1. The van der Waals surface area contributed by atoms with Crippen LogP contribution in [-0.4, -0.2) is 43.0 Å². The number of nitrogens with zero attached hydrogens (tertiary/aromatic N) is 2. The van der Waals surface area contributed by atoms with Gasteiger partial charge in [-0.1, -0.05) is 12.1 Å². The summed E-state index contributed by atoms with van der Waals surface area (Å²) in [7, 11) is 1.63. The summed E-state index contributed by atoms with van der Waals surface area (Å²) < 4.78 is 16.6.